The standard InChI is InChI=1S/C30H24N2O8/c1-14-10-23(34)27-21(28(14)35)13-20-18(25(27)15-6-9-22(33)24(11-15)40-2)7-8-19-26(20)30(37)31(29(19)36)16-4-3-5-17(12-16)32(38)39/h3-7,9-12,19-20,25-26,33H,8,13H2,1-2H3. The first-order valence-electron chi connectivity index (χ1n) is 12.8. The number of allylic oxidation sites excluding steroid dienone is 6. The number of anilines is 1. The fourth-order valence-corrected chi connectivity index (χ4v) is 6.64. The molecule has 40 heavy (non-hydrogen) atoms. The number of phenolic OH excluding ortho intramolecular Hbond substituents is 1. The topological polar surface area (TPSA) is 144 Å². The van der Waals surface area contributed by atoms with Gasteiger partial charge in [0.2, 0.25) is 11.8 Å². The van der Waals surface area contributed by atoms with E-state index >= 15 is 0 Å². The molecule has 2 aromatic carbocycles. The summed E-state index contributed by atoms with van der Waals surface area (Å²) in [4.78, 5) is 66.0. The predicted octanol–water partition coefficient (Wildman–Crippen LogP) is 3.94. The van der Waals surface area contributed by atoms with E-state index in [1.807, 2.05) is 6.08 Å². The molecule has 10 heteroatoms. The van der Waals surface area contributed by atoms with Gasteiger partial charge in [-0.3, -0.25) is 29.3 Å². The molecule has 3 aliphatic carbocycles. The number of hydrogen-bond acceptors (Lipinski definition) is 8. The fourth-order valence-electron chi connectivity index (χ4n) is 6.64. The van der Waals surface area contributed by atoms with E-state index in [0.717, 1.165) is 10.5 Å². The van der Waals surface area contributed by atoms with Gasteiger partial charge >= 0.3 is 0 Å². The molecule has 6 rings (SSSR count). The molecule has 1 saturated heterocycles. The van der Waals surface area contributed by atoms with Gasteiger partial charge in [-0.2, -0.15) is 0 Å². The molecule has 0 saturated carbocycles. The lowest BCUT2D eigenvalue weighted by atomic mass is 9.59. The summed E-state index contributed by atoms with van der Waals surface area (Å²) >= 11 is 0. The lowest BCUT2D eigenvalue weighted by Gasteiger charge is -2.42. The van der Waals surface area contributed by atoms with E-state index in [0.29, 0.717) is 22.3 Å². The van der Waals surface area contributed by atoms with Crippen molar-refractivity contribution >= 4 is 34.8 Å². The largest absolute Gasteiger partial charge is 0.504 e. The van der Waals surface area contributed by atoms with E-state index in [1.54, 1.807) is 19.1 Å². The smallest absolute Gasteiger partial charge is 0.271 e. The van der Waals surface area contributed by atoms with Gasteiger partial charge in [-0.1, -0.05) is 23.8 Å². The highest BCUT2D eigenvalue weighted by molar-refractivity contribution is 6.25. The van der Waals surface area contributed by atoms with Crippen molar-refractivity contribution in [1.29, 1.82) is 0 Å². The zero-order valence-corrected chi connectivity index (χ0v) is 21.6. The molecule has 2 amide bonds. The minimum absolute atomic E-state index is 0.0866. The van der Waals surface area contributed by atoms with Gasteiger partial charge in [0, 0.05) is 34.8 Å². The Morgan fingerprint density at radius 3 is 2.55 bits per heavy atom. The van der Waals surface area contributed by atoms with Gasteiger partial charge in [0.25, 0.3) is 5.69 Å². The van der Waals surface area contributed by atoms with Gasteiger partial charge in [0.05, 0.1) is 29.6 Å². The Morgan fingerprint density at radius 2 is 1.82 bits per heavy atom. The molecule has 10 nitrogen and oxygen atoms in total. The number of phenols is 1. The number of fused-ring (bicyclic) bond motifs is 3. The molecule has 0 aromatic heterocycles. The highest BCUT2D eigenvalue weighted by Crippen LogP contribution is 2.55. The van der Waals surface area contributed by atoms with Crippen LogP contribution in [-0.4, -0.2) is 40.5 Å². The van der Waals surface area contributed by atoms with Gasteiger partial charge in [-0.15, -0.1) is 0 Å². The lowest BCUT2D eigenvalue weighted by Crippen LogP contribution is -2.39. The first-order chi connectivity index (χ1) is 19.1. The molecular weight excluding hydrogens is 516 g/mol. The van der Waals surface area contributed by atoms with Crippen molar-refractivity contribution < 1.29 is 33.9 Å². The predicted molar refractivity (Wildman–Crippen MR) is 142 cm³/mol. The molecule has 1 heterocycles. The number of amides is 2. The fraction of sp³-hybridized carbons (Fsp3) is 0.267. The zero-order valence-electron chi connectivity index (χ0n) is 21.6. The molecule has 0 spiro atoms. The van der Waals surface area contributed by atoms with Crippen molar-refractivity contribution in [2.45, 2.75) is 25.7 Å². The first-order valence-corrected chi connectivity index (χ1v) is 12.8. The van der Waals surface area contributed by atoms with E-state index in [1.165, 1.54) is 43.5 Å². The molecule has 202 valence electrons. The minimum Gasteiger partial charge on any atom is -0.504 e. The molecule has 4 atom stereocenters. The maximum absolute atomic E-state index is 13.9. The second-order valence-corrected chi connectivity index (χ2v) is 10.4. The summed E-state index contributed by atoms with van der Waals surface area (Å²) in [5.74, 6) is -4.14. The highest BCUT2D eigenvalue weighted by atomic mass is 16.6. The molecule has 1 aliphatic heterocycles. The summed E-state index contributed by atoms with van der Waals surface area (Å²) in [5, 5.41) is 21.5. The van der Waals surface area contributed by atoms with Gasteiger partial charge in [-0.05, 0) is 55.5 Å². The number of rotatable bonds is 4. The number of hydrogen-bond donors (Lipinski definition) is 1. The van der Waals surface area contributed by atoms with Crippen LogP contribution in [0.25, 0.3) is 0 Å². The molecule has 2 aromatic rings. The number of benzene rings is 2. The summed E-state index contributed by atoms with van der Waals surface area (Å²) in [7, 11) is 1.41. The van der Waals surface area contributed by atoms with Crippen LogP contribution in [0.15, 0.2) is 76.9 Å². The number of ether oxygens (including phenoxy) is 1. The van der Waals surface area contributed by atoms with Gasteiger partial charge in [0.1, 0.15) is 0 Å². The number of nitrogens with zero attached hydrogens (tertiary/aromatic N) is 2. The van der Waals surface area contributed by atoms with E-state index in [2.05, 4.69) is 0 Å². The SMILES string of the molecule is COc1cc(C2C3=CCC4C(=O)N(c5cccc([N+](=O)[O-])c5)C(=O)C4C3CC3=C2C(=O)C=C(C)C3=O)ccc1O. The Bertz CT molecular complexity index is 1650. The molecule has 1 fully saturated rings. The second-order valence-electron chi connectivity index (χ2n) is 10.4. The average molecular weight is 541 g/mol. The normalized spacial score (nSPS) is 25.7. The van der Waals surface area contributed by atoms with Crippen LogP contribution < -0.4 is 9.64 Å². The number of carbonyl (C=O) groups is 4. The molecule has 4 aliphatic rings. The van der Waals surface area contributed by atoms with Gasteiger partial charge < -0.3 is 9.84 Å². The van der Waals surface area contributed by atoms with Crippen molar-refractivity contribution in [3.05, 3.63) is 92.6 Å². The van der Waals surface area contributed by atoms with Crippen LogP contribution in [0, 0.1) is 27.9 Å². The molecule has 0 radical (unpaired) electrons. The van der Waals surface area contributed by atoms with Crippen molar-refractivity contribution in [2.75, 3.05) is 12.0 Å². The number of nitro benzene ring substituents is 1. The summed E-state index contributed by atoms with van der Waals surface area (Å²) in [6, 6.07) is 10.1. The van der Waals surface area contributed by atoms with Crippen LogP contribution in [0.3, 0.4) is 0 Å². The summed E-state index contributed by atoms with van der Waals surface area (Å²) in [5.41, 5.74) is 2.20. The summed E-state index contributed by atoms with van der Waals surface area (Å²) in [6.45, 7) is 1.58. The first kappa shape index (κ1) is 25.4. The van der Waals surface area contributed by atoms with Crippen molar-refractivity contribution in [2.24, 2.45) is 17.8 Å². The maximum Gasteiger partial charge on any atom is 0.271 e. The third-order valence-electron chi connectivity index (χ3n) is 8.40. The van der Waals surface area contributed by atoms with E-state index in [4.69, 9.17) is 4.74 Å². The summed E-state index contributed by atoms with van der Waals surface area (Å²) in [6.07, 6.45) is 3.56. The molecule has 1 N–H and O–H groups in total. The molecule has 0 bridgehead atoms. The molecule has 4 unspecified atom stereocenters. The average Bonchev–Trinajstić information content (AvgIpc) is 3.20. The number of aromatic hydroxyl groups is 1. The number of nitro groups is 1. The quantitative estimate of drug-likeness (QED) is 0.202. The van der Waals surface area contributed by atoms with Crippen LogP contribution in [0.4, 0.5) is 11.4 Å². The number of methoxy groups -OCH3 is 1. The monoisotopic (exact) mass is 540 g/mol. The zero-order chi connectivity index (χ0) is 28.5. The van der Waals surface area contributed by atoms with Crippen molar-refractivity contribution in [3.8, 4) is 11.5 Å². The van der Waals surface area contributed by atoms with E-state index in [9.17, 15) is 34.4 Å². The third kappa shape index (κ3) is 3.63. The maximum atomic E-state index is 13.9. The van der Waals surface area contributed by atoms with Crippen LogP contribution in [-0.2, 0) is 19.2 Å². The Hall–Kier alpha value is -4.86. The highest BCUT2D eigenvalue weighted by Gasteiger charge is 2.56. The number of Topliss-reactive ketones (excluding diaryl/α,β-unsaturated/α-hetero) is 1. The second kappa shape index (κ2) is 9.11. The summed E-state index contributed by atoms with van der Waals surface area (Å²) < 4.78 is 5.30. The minimum atomic E-state index is -0.809. The van der Waals surface area contributed by atoms with E-state index in [-0.39, 0.29) is 47.3 Å². The lowest BCUT2D eigenvalue weighted by molar-refractivity contribution is -0.384. The van der Waals surface area contributed by atoms with Crippen LogP contribution >= 0.6 is 0 Å². The van der Waals surface area contributed by atoms with Crippen molar-refractivity contribution in [1.82, 2.24) is 0 Å². The van der Waals surface area contributed by atoms with E-state index < -0.39 is 40.4 Å². The van der Waals surface area contributed by atoms with Crippen LogP contribution in [0.2, 0.25) is 0 Å². The van der Waals surface area contributed by atoms with Gasteiger partial charge in [-0.25, -0.2) is 4.90 Å². The van der Waals surface area contributed by atoms with Crippen LogP contribution in [0.1, 0.15) is 31.2 Å². The van der Waals surface area contributed by atoms with Gasteiger partial charge in [0.15, 0.2) is 23.1 Å². The Morgan fingerprint density at radius 1 is 1.05 bits per heavy atom. The Kier molecular flexibility index (Phi) is 5.79. The van der Waals surface area contributed by atoms with Crippen LogP contribution in [0.5, 0.6) is 11.5 Å². The third-order valence-corrected chi connectivity index (χ3v) is 8.40. The number of ketones is 2. The molecular formula is C30H24N2O8. The Balaban J connectivity index is 1.48. The number of carbonyl (C=O) groups excluding carboxylic acids is 4. The Labute approximate surface area is 228 Å². The number of imide groups is 1. The number of non-ortho nitro benzene ring substituents is 1. The van der Waals surface area contributed by atoms with Crippen molar-refractivity contribution in [3.63, 3.8) is 0 Å².